The third kappa shape index (κ3) is 50.6. The van der Waals surface area contributed by atoms with Crippen molar-refractivity contribution in [2.45, 2.75) is 303 Å². The molecule has 0 saturated heterocycles. The zero-order chi connectivity index (χ0) is 46.5. The molecule has 0 radical (unpaired) electrons. The van der Waals surface area contributed by atoms with Crippen molar-refractivity contribution in [3.05, 3.63) is 36.5 Å². The minimum Gasteiger partial charge on any atom is -0.462 e. The molecule has 0 aromatic carbocycles. The summed E-state index contributed by atoms with van der Waals surface area (Å²) in [5, 5.41) is 0. The molecular weight excluding hydrogens is 793 g/mol. The molecule has 0 saturated carbocycles. The standard InChI is InChI=1S/C58H106O6/c1-4-7-10-13-16-19-22-25-27-28-29-30-31-34-36-39-42-45-48-51-57(60)63-54-55(53-62-56(59)50-47-44-41-38-35-32-24-21-18-15-12-9-6-3)64-58(61)52-49-46-43-40-37-33-26-23-20-17-14-11-8-5-2/h16,19,22,25,33,37,55H,4-15,17-18,20-21,23-24,26-32,34-36,38-54H2,1-3H3/b19-16-,25-22-,37-33-. The van der Waals surface area contributed by atoms with Crippen LogP contribution in [0.25, 0.3) is 0 Å². The maximum absolute atomic E-state index is 12.8. The van der Waals surface area contributed by atoms with Gasteiger partial charge in [0.2, 0.25) is 0 Å². The summed E-state index contributed by atoms with van der Waals surface area (Å²) in [6.07, 6.45) is 62.7. The van der Waals surface area contributed by atoms with Crippen molar-refractivity contribution in [3.8, 4) is 0 Å². The highest BCUT2D eigenvalue weighted by Crippen LogP contribution is 2.16. The molecule has 0 fully saturated rings. The molecule has 0 aromatic rings. The molecular formula is C58H106O6. The van der Waals surface area contributed by atoms with Crippen LogP contribution >= 0.6 is 0 Å². The normalized spacial score (nSPS) is 12.2. The molecule has 0 aliphatic carbocycles. The van der Waals surface area contributed by atoms with Gasteiger partial charge < -0.3 is 14.2 Å². The van der Waals surface area contributed by atoms with E-state index in [1.165, 1.54) is 186 Å². The molecule has 0 aliphatic heterocycles. The fourth-order valence-electron chi connectivity index (χ4n) is 8.14. The number of carbonyl (C=O) groups excluding carboxylic acids is 3. The summed E-state index contributed by atoms with van der Waals surface area (Å²) in [4.78, 5) is 38.1. The molecule has 0 N–H and O–H groups in total. The Morgan fingerprint density at radius 2 is 0.562 bits per heavy atom. The Morgan fingerprint density at radius 3 is 0.922 bits per heavy atom. The number of allylic oxidation sites excluding steroid dienone is 6. The average molecular weight is 899 g/mol. The quantitative estimate of drug-likeness (QED) is 0.0199. The number of carbonyl (C=O) groups is 3. The second kappa shape index (κ2) is 53.2. The number of rotatable bonds is 51. The summed E-state index contributed by atoms with van der Waals surface area (Å²) < 4.78 is 16.8. The Labute approximate surface area is 397 Å². The van der Waals surface area contributed by atoms with E-state index in [0.717, 1.165) is 70.6 Å². The van der Waals surface area contributed by atoms with Gasteiger partial charge in [0, 0.05) is 19.3 Å². The molecule has 6 nitrogen and oxygen atoms in total. The van der Waals surface area contributed by atoms with E-state index in [1.807, 2.05) is 0 Å². The Morgan fingerprint density at radius 1 is 0.312 bits per heavy atom. The summed E-state index contributed by atoms with van der Waals surface area (Å²) in [5.74, 6) is -0.881. The molecule has 1 atom stereocenters. The van der Waals surface area contributed by atoms with Crippen molar-refractivity contribution in [2.24, 2.45) is 0 Å². The van der Waals surface area contributed by atoms with Gasteiger partial charge in [-0.3, -0.25) is 14.4 Å². The SMILES string of the molecule is CCCCC/C=C\C=C/CCCCCCCCCCCCC(=O)OCC(COC(=O)CCCCCCCCCCCCCCC)OC(=O)CCCCC/C=C\CCCCCCCCC. The van der Waals surface area contributed by atoms with Crippen LogP contribution in [0.5, 0.6) is 0 Å². The monoisotopic (exact) mass is 899 g/mol. The van der Waals surface area contributed by atoms with E-state index in [-0.39, 0.29) is 31.1 Å². The summed E-state index contributed by atoms with van der Waals surface area (Å²) in [7, 11) is 0. The molecule has 0 aliphatic rings. The van der Waals surface area contributed by atoms with Crippen LogP contribution in [-0.2, 0) is 28.6 Å². The molecule has 374 valence electrons. The second-order valence-electron chi connectivity index (χ2n) is 18.9. The Kier molecular flexibility index (Phi) is 51.3. The Bertz CT molecular complexity index is 1080. The van der Waals surface area contributed by atoms with Crippen molar-refractivity contribution in [1.82, 2.24) is 0 Å². The summed E-state index contributed by atoms with van der Waals surface area (Å²) >= 11 is 0. The third-order valence-corrected chi connectivity index (χ3v) is 12.4. The molecule has 64 heavy (non-hydrogen) atoms. The summed E-state index contributed by atoms with van der Waals surface area (Å²) in [6.45, 7) is 6.62. The van der Waals surface area contributed by atoms with Crippen LogP contribution in [-0.4, -0.2) is 37.2 Å². The molecule has 0 heterocycles. The zero-order valence-corrected chi connectivity index (χ0v) is 42.8. The number of hydrogen-bond acceptors (Lipinski definition) is 6. The van der Waals surface area contributed by atoms with Crippen LogP contribution in [0.2, 0.25) is 0 Å². The van der Waals surface area contributed by atoms with Gasteiger partial charge in [0.05, 0.1) is 0 Å². The lowest BCUT2D eigenvalue weighted by atomic mass is 10.0. The summed E-state index contributed by atoms with van der Waals surface area (Å²) in [5.41, 5.74) is 0. The molecule has 0 amide bonds. The van der Waals surface area contributed by atoms with E-state index in [2.05, 4.69) is 57.2 Å². The van der Waals surface area contributed by atoms with Crippen molar-refractivity contribution in [2.75, 3.05) is 13.2 Å². The second-order valence-corrected chi connectivity index (χ2v) is 18.9. The molecule has 0 spiro atoms. The minimum absolute atomic E-state index is 0.0757. The van der Waals surface area contributed by atoms with Gasteiger partial charge in [0.1, 0.15) is 13.2 Å². The Hall–Kier alpha value is -2.37. The molecule has 1 unspecified atom stereocenters. The van der Waals surface area contributed by atoms with Gasteiger partial charge in [-0.05, 0) is 70.6 Å². The first-order valence-corrected chi connectivity index (χ1v) is 28.0. The first-order valence-electron chi connectivity index (χ1n) is 28.0. The lowest BCUT2D eigenvalue weighted by Crippen LogP contribution is -2.30. The van der Waals surface area contributed by atoms with E-state index in [0.29, 0.717) is 19.3 Å². The number of ether oxygens (including phenoxy) is 3. The third-order valence-electron chi connectivity index (χ3n) is 12.4. The van der Waals surface area contributed by atoms with Crippen LogP contribution in [0.3, 0.4) is 0 Å². The fraction of sp³-hybridized carbons (Fsp3) is 0.845. The number of hydrogen-bond donors (Lipinski definition) is 0. The van der Waals surface area contributed by atoms with E-state index in [4.69, 9.17) is 14.2 Å². The predicted molar refractivity (Wildman–Crippen MR) is 275 cm³/mol. The lowest BCUT2D eigenvalue weighted by Gasteiger charge is -2.18. The summed E-state index contributed by atoms with van der Waals surface area (Å²) in [6, 6.07) is 0. The van der Waals surface area contributed by atoms with Crippen molar-refractivity contribution in [3.63, 3.8) is 0 Å². The van der Waals surface area contributed by atoms with Gasteiger partial charge in [-0.25, -0.2) is 0 Å². The number of esters is 3. The van der Waals surface area contributed by atoms with Crippen LogP contribution in [0.15, 0.2) is 36.5 Å². The lowest BCUT2D eigenvalue weighted by molar-refractivity contribution is -0.167. The van der Waals surface area contributed by atoms with E-state index in [9.17, 15) is 14.4 Å². The fourth-order valence-corrected chi connectivity index (χ4v) is 8.14. The van der Waals surface area contributed by atoms with Crippen LogP contribution in [0.1, 0.15) is 297 Å². The largest absolute Gasteiger partial charge is 0.462 e. The van der Waals surface area contributed by atoms with Crippen LogP contribution < -0.4 is 0 Å². The highest BCUT2D eigenvalue weighted by molar-refractivity contribution is 5.71. The minimum atomic E-state index is -0.777. The van der Waals surface area contributed by atoms with Gasteiger partial charge >= 0.3 is 17.9 Å². The maximum Gasteiger partial charge on any atom is 0.306 e. The van der Waals surface area contributed by atoms with E-state index >= 15 is 0 Å². The topological polar surface area (TPSA) is 78.9 Å². The molecule has 0 rings (SSSR count). The Balaban J connectivity index is 4.34. The molecule has 0 bridgehead atoms. The van der Waals surface area contributed by atoms with Gasteiger partial charge in [-0.15, -0.1) is 0 Å². The predicted octanol–water partition coefficient (Wildman–Crippen LogP) is 18.5. The van der Waals surface area contributed by atoms with Gasteiger partial charge in [-0.2, -0.15) is 0 Å². The van der Waals surface area contributed by atoms with Crippen molar-refractivity contribution < 1.29 is 28.6 Å². The first kappa shape index (κ1) is 61.6. The van der Waals surface area contributed by atoms with Crippen molar-refractivity contribution >= 4 is 17.9 Å². The average Bonchev–Trinajstić information content (AvgIpc) is 3.29. The van der Waals surface area contributed by atoms with Crippen molar-refractivity contribution in [1.29, 1.82) is 0 Å². The van der Waals surface area contributed by atoms with E-state index < -0.39 is 6.10 Å². The van der Waals surface area contributed by atoms with Gasteiger partial charge in [0.25, 0.3) is 0 Å². The number of unbranched alkanes of at least 4 members (excludes halogenated alkanes) is 35. The highest BCUT2D eigenvalue weighted by Gasteiger charge is 2.19. The molecule has 0 aromatic heterocycles. The smallest absolute Gasteiger partial charge is 0.306 e. The maximum atomic E-state index is 12.8. The van der Waals surface area contributed by atoms with Crippen LogP contribution in [0.4, 0.5) is 0 Å². The van der Waals surface area contributed by atoms with Gasteiger partial charge in [-0.1, -0.05) is 243 Å². The first-order chi connectivity index (χ1) is 31.5. The zero-order valence-electron chi connectivity index (χ0n) is 42.8. The highest BCUT2D eigenvalue weighted by atomic mass is 16.6. The molecule has 6 heteroatoms. The van der Waals surface area contributed by atoms with Crippen LogP contribution in [0, 0.1) is 0 Å². The van der Waals surface area contributed by atoms with E-state index in [1.54, 1.807) is 0 Å². The van der Waals surface area contributed by atoms with Gasteiger partial charge in [0.15, 0.2) is 6.10 Å².